The van der Waals surface area contributed by atoms with Gasteiger partial charge in [0.1, 0.15) is 0 Å². The zero-order valence-electron chi connectivity index (χ0n) is 9.91. The van der Waals surface area contributed by atoms with Gasteiger partial charge in [0.2, 0.25) is 0 Å². The minimum atomic E-state index is 0. The third kappa shape index (κ3) is 2.12. The summed E-state index contributed by atoms with van der Waals surface area (Å²) in [6.45, 7) is 1.06. The summed E-state index contributed by atoms with van der Waals surface area (Å²) in [5.74, 6) is 0. The highest BCUT2D eigenvalue weighted by atomic mass is 35.5. The summed E-state index contributed by atoms with van der Waals surface area (Å²) in [4.78, 5) is 6.61. The highest BCUT2D eigenvalue weighted by Crippen LogP contribution is 2.29. The second-order valence-corrected chi connectivity index (χ2v) is 4.40. The Balaban J connectivity index is 0.00000120. The molecule has 2 aliphatic heterocycles. The van der Waals surface area contributed by atoms with Crippen LogP contribution in [0.3, 0.4) is 0 Å². The quantitative estimate of drug-likeness (QED) is 0.778. The van der Waals surface area contributed by atoms with Gasteiger partial charge in [-0.25, -0.2) is 0 Å². The Morgan fingerprint density at radius 2 is 2.06 bits per heavy atom. The van der Waals surface area contributed by atoms with E-state index in [1.54, 1.807) is 0 Å². The van der Waals surface area contributed by atoms with E-state index in [-0.39, 0.29) is 12.4 Å². The number of piperidine rings is 1. The van der Waals surface area contributed by atoms with Gasteiger partial charge in [0.15, 0.2) is 0 Å². The maximum atomic E-state index is 8.80. The van der Waals surface area contributed by atoms with Crippen molar-refractivity contribution in [1.29, 1.82) is 5.26 Å². The summed E-state index contributed by atoms with van der Waals surface area (Å²) in [5.41, 5.74) is 3.29. The van der Waals surface area contributed by atoms with Crippen molar-refractivity contribution in [2.75, 3.05) is 11.4 Å². The summed E-state index contributed by atoms with van der Waals surface area (Å²) in [6, 6.07) is 10.3. The second kappa shape index (κ2) is 5.24. The molecule has 0 N–H and O–H groups in total. The van der Waals surface area contributed by atoms with Crippen LogP contribution in [-0.2, 0) is 0 Å². The van der Waals surface area contributed by atoms with Gasteiger partial charge in [0, 0.05) is 24.6 Å². The molecule has 2 heterocycles. The second-order valence-electron chi connectivity index (χ2n) is 4.40. The van der Waals surface area contributed by atoms with Crippen molar-refractivity contribution in [2.24, 2.45) is 4.99 Å². The average Bonchev–Trinajstić information content (AvgIpc) is 2.87. The van der Waals surface area contributed by atoms with E-state index in [1.165, 1.54) is 17.7 Å². The predicted octanol–water partition coefficient (Wildman–Crippen LogP) is 2.92. The molecule has 3 rings (SSSR count). The zero-order valence-corrected chi connectivity index (χ0v) is 10.7. The Labute approximate surface area is 113 Å². The monoisotopic (exact) mass is 259 g/mol. The third-order valence-electron chi connectivity index (χ3n) is 3.38. The Morgan fingerprint density at radius 1 is 1.28 bits per heavy atom. The lowest BCUT2D eigenvalue weighted by Gasteiger charge is -2.35. The van der Waals surface area contributed by atoms with Crippen molar-refractivity contribution in [3.05, 3.63) is 41.6 Å². The van der Waals surface area contributed by atoms with Crippen LogP contribution in [0.15, 0.2) is 41.0 Å². The lowest BCUT2D eigenvalue weighted by Crippen LogP contribution is -2.41. The molecule has 0 bridgehead atoms. The number of fused-ring (bicyclic) bond motifs is 1. The van der Waals surface area contributed by atoms with E-state index in [1.807, 2.05) is 36.7 Å². The lowest BCUT2D eigenvalue weighted by molar-refractivity contribution is 0.644. The molecule has 0 amide bonds. The fraction of sp³-hybridized carbons (Fsp3) is 0.286. The van der Waals surface area contributed by atoms with Crippen LogP contribution in [0, 0.1) is 11.3 Å². The van der Waals surface area contributed by atoms with Crippen LogP contribution in [0.1, 0.15) is 18.4 Å². The number of nitriles is 1. The summed E-state index contributed by atoms with van der Waals surface area (Å²) in [7, 11) is 0. The van der Waals surface area contributed by atoms with Gasteiger partial charge in [-0.15, -0.1) is 12.4 Å². The van der Waals surface area contributed by atoms with E-state index in [0.717, 1.165) is 13.0 Å². The van der Waals surface area contributed by atoms with Gasteiger partial charge in [-0.1, -0.05) is 0 Å². The van der Waals surface area contributed by atoms with Gasteiger partial charge in [-0.2, -0.15) is 5.26 Å². The molecule has 0 aromatic heterocycles. The average molecular weight is 260 g/mol. The minimum Gasteiger partial charge on any atom is -0.360 e. The van der Waals surface area contributed by atoms with Crippen LogP contribution < -0.4 is 4.90 Å². The Kier molecular flexibility index (Phi) is 3.69. The molecule has 92 valence electrons. The normalized spacial score (nSPS) is 20.7. The standard InChI is InChI=1S/C14H13N3.ClH/c15-8-11-3-5-13(6-4-11)17-7-1-2-12-9-16-10-14(12)17;/h3-6,9-10,14H,1-2,7H2;1H. The largest absolute Gasteiger partial charge is 0.360 e. The van der Waals surface area contributed by atoms with Crippen LogP contribution in [0.4, 0.5) is 5.69 Å². The maximum absolute atomic E-state index is 8.80. The number of hydrogen-bond donors (Lipinski definition) is 0. The van der Waals surface area contributed by atoms with E-state index >= 15 is 0 Å². The zero-order chi connectivity index (χ0) is 11.7. The molecule has 2 aliphatic rings. The Bertz CT molecular complexity index is 525. The van der Waals surface area contributed by atoms with Crippen LogP contribution in [-0.4, -0.2) is 18.8 Å². The van der Waals surface area contributed by atoms with Crippen LogP contribution in [0.25, 0.3) is 0 Å². The molecule has 0 radical (unpaired) electrons. The van der Waals surface area contributed by atoms with Gasteiger partial charge in [-0.3, -0.25) is 4.99 Å². The molecule has 0 saturated carbocycles. The fourth-order valence-corrected chi connectivity index (χ4v) is 2.50. The molecule has 1 unspecified atom stereocenters. The van der Waals surface area contributed by atoms with Crippen molar-refractivity contribution in [3.8, 4) is 6.07 Å². The number of aliphatic imine (C=N–C) groups is 1. The molecular weight excluding hydrogens is 246 g/mol. The number of anilines is 1. The predicted molar refractivity (Wildman–Crippen MR) is 75.3 cm³/mol. The van der Waals surface area contributed by atoms with E-state index in [4.69, 9.17) is 5.26 Å². The highest BCUT2D eigenvalue weighted by Gasteiger charge is 2.27. The van der Waals surface area contributed by atoms with Gasteiger partial charge in [-0.05, 0) is 42.7 Å². The molecule has 4 heteroatoms. The van der Waals surface area contributed by atoms with Crippen LogP contribution in [0.2, 0.25) is 0 Å². The van der Waals surface area contributed by atoms with Crippen molar-refractivity contribution < 1.29 is 0 Å². The maximum Gasteiger partial charge on any atom is 0.0991 e. The van der Waals surface area contributed by atoms with E-state index in [9.17, 15) is 0 Å². The van der Waals surface area contributed by atoms with Crippen molar-refractivity contribution in [1.82, 2.24) is 0 Å². The highest BCUT2D eigenvalue weighted by molar-refractivity contribution is 5.85. The number of benzene rings is 1. The first-order chi connectivity index (χ1) is 8.38. The minimum absolute atomic E-state index is 0. The van der Waals surface area contributed by atoms with Crippen LogP contribution in [0.5, 0.6) is 0 Å². The topological polar surface area (TPSA) is 39.4 Å². The summed E-state index contributed by atoms with van der Waals surface area (Å²) >= 11 is 0. The summed E-state index contributed by atoms with van der Waals surface area (Å²) in [5, 5.41) is 8.80. The molecule has 1 aromatic rings. The molecule has 1 aromatic carbocycles. The summed E-state index contributed by atoms with van der Waals surface area (Å²) < 4.78 is 0. The molecule has 1 saturated heterocycles. The Morgan fingerprint density at radius 3 is 2.78 bits per heavy atom. The van der Waals surface area contributed by atoms with E-state index in [0.29, 0.717) is 11.6 Å². The lowest BCUT2D eigenvalue weighted by atomic mass is 9.97. The van der Waals surface area contributed by atoms with Crippen LogP contribution >= 0.6 is 12.4 Å². The fourth-order valence-electron chi connectivity index (χ4n) is 2.50. The molecule has 0 aliphatic carbocycles. The van der Waals surface area contributed by atoms with Crippen molar-refractivity contribution in [2.45, 2.75) is 18.9 Å². The SMILES string of the molecule is Cl.N#Cc1ccc(N2CCCC3=CN=CC32)cc1. The molecule has 3 nitrogen and oxygen atoms in total. The molecule has 1 atom stereocenters. The molecule has 1 fully saturated rings. The first kappa shape index (κ1) is 12.7. The number of nitrogens with zero attached hydrogens (tertiary/aromatic N) is 3. The van der Waals surface area contributed by atoms with Crippen molar-refractivity contribution >= 4 is 24.3 Å². The van der Waals surface area contributed by atoms with Crippen molar-refractivity contribution in [3.63, 3.8) is 0 Å². The first-order valence-corrected chi connectivity index (χ1v) is 5.87. The van der Waals surface area contributed by atoms with Gasteiger partial charge >= 0.3 is 0 Å². The number of rotatable bonds is 1. The van der Waals surface area contributed by atoms with Gasteiger partial charge in [0.05, 0.1) is 17.7 Å². The smallest absolute Gasteiger partial charge is 0.0991 e. The van der Waals surface area contributed by atoms with Gasteiger partial charge < -0.3 is 4.90 Å². The molecular formula is C14H14ClN3. The summed E-state index contributed by atoms with van der Waals surface area (Å²) in [6.07, 6.45) is 6.32. The third-order valence-corrected chi connectivity index (χ3v) is 3.38. The van der Waals surface area contributed by atoms with E-state index in [2.05, 4.69) is 16.0 Å². The first-order valence-electron chi connectivity index (χ1n) is 5.87. The molecule has 0 spiro atoms. The number of halogens is 1. The van der Waals surface area contributed by atoms with E-state index < -0.39 is 0 Å². The molecule has 18 heavy (non-hydrogen) atoms. The number of hydrogen-bond acceptors (Lipinski definition) is 3. The van der Waals surface area contributed by atoms with Gasteiger partial charge in [0.25, 0.3) is 0 Å². The Hall–Kier alpha value is -1.79.